The van der Waals surface area contributed by atoms with Gasteiger partial charge in [-0.2, -0.15) is 0 Å². The van der Waals surface area contributed by atoms with E-state index in [1.807, 2.05) is 20.8 Å². The first-order valence-electron chi connectivity index (χ1n) is 8.58. The molecule has 25 heavy (non-hydrogen) atoms. The molecule has 1 heterocycles. The van der Waals surface area contributed by atoms with Crippen molar-refractivity contribution in [2.75, 3.05) is 32.6 Å². The highest BCUT2D eigenvalue weighted by Gasteiger charge is 2.33. The van der Waals surface area contributed by atoms with E-state index in [1.165, 1.54) is 0 Å². The van der Waals surface area contributed by atoms with Crippen molar-refractivity contribution in [3.8, 4) is 11.5 Å². The Morgan fingerprint density at radius 1 is 1.20 bits per heavy atom. The third-order valence-electron chi connectivity index (χ3n) is 4.39. The summed E-state index contributed by atoms with van der Waals surface area (Å²) in [5.41, 5.74) is 0.139. The molecule has 1 aromatic carbocycles. The number of methoxy groups -OCH3 is 2. The minimum Gasteiger partial charge on any atom is -0.497 e. The molecule has 0 bridgehead atoms. The molecule has 1 N–H and O–H groups in total. The van der Waals surface area contributed by atoms with Gasteiger partial charge in [0.15, 0.2) is 0 Å². The van der Waals surface area contributed by atoms with Crippen LogP contribution in [-0.2, 0) is 9.59 Å². The van der Waals surface area contributed by atoms with Gasteiger partial charge in [-0.05, 0) is 25.0 Å². The van der Waals surface area contributed by atoms with Crippen LogP contribution in [0, 0.1) is 11.3 Å². The zero-order chi connectivity index (χ0) is 18.6. The summed E-state index contributed by atoms with van der Waals surface area (Å²) in [6, 6.07) is 5.27. The smallest absolute Gasteiger partial charge is 0.229 e. The van der Waals surface area contributed by atoms with Gasteiger partial charge in [0, 0.05) is 24.6 Å². The van der Waals surface area contributed by atoms with Crippen LogP contribution in [0.1, 0.15) is 33.6 Å². The molecular weight excluding hydrogens is 320 g/mol. The Bertz CT molecular complexity index is 637. The quantitative estimate of drug-likeness (QED) is 0.908. The van der Waals surface area contributed by atoms with E-state index in [2.05, 4.69) is 5.32 Å². The molecule has 6 heteroatoms. The van der Waals surface area contributed by atoms with E-state index in [0.29, 0.717) is 30.3 Å². The van der Waals surface area contributed by atoms with Crippen LogP contribution in [-0.4, -0.2) is 44.0 Å². The summed E-state index contributed by atoms with van der Waals surface area (Å²) in [6.07, 6.45) is 1.60. The maximum atomic E-state index is 12.7. The van der Waals surface area contributed by atoms with Crippen molar-refractivity contribution in [3.63, 3.8) is 0 Å². The van der Waals surface area contributed by atoms with Crippen molar-refractivity contribution >= 4 is 17.5 Å². The standard InChI is InChI=1S/C19H28N2O4/c1-19(2,3)18(23)21-10-6-7-13(12-21)17(22)20-15-11-14(24-4)8-9-16(15)25-5/h8-9,11,13H,6-7,10,12H2,1-5H3,(H,20,22)/t13-/m1/s1. The van der Waals surface area contributed by atoms with E-state index in [9.17, 15) is 9.59 Å². The average molecular weight is 348 g/mol. The van der Waals surface area contributed by atoms with Crippen LogP contribution in [0.25, 0.3) is 0 Å². The van der Waals surface area contributed by atoms with E-state index in [0.717, 1.165) is 12.8 Å². The molecule has 0 aromatic heterocycles. The van der Waals surface area contributed by atoms with E-state index < -0.39 is 5.41 Å². The van der Waals surface area contributed by atoms with E-state index in [-0.39, 0.29) is 17.7 Å². The number of hydrogen-bond acceptors (Lipinski definition) is 4. The predicted molar refractivity (Wildman–Crippen MR) is 96.9 cm³/mol. The molecule has 1 aromatic rings. The number of benzene rings is 1. The maximum absolute atomic E-state index is 12.7. The SMILES string of the molecule is COc1ccc(OC)c(NC(=O)[C@@H]2CCCN(C(=O)C(C)(C)C)C2)c1. The van der Waals surface area contributed by atoms with Gasteiger partial charge in [0.2, 0.25) is 11.8 Å². The van der Waals surface area contributed by atoms with Gasteiger partial charge in [0.05, 0.1) is 25.8 Å². The number of anilines is 1. The number of amides is 2. The number of likely N-dealkylation sites (tertiary alicyclic amines) is 1. The number of hydrogen-bond donors (Lipinski definition) is 1. The Hall–Kier alpha value is -2.24. The molecule has 1 atom stereocenters. The fourth-order valence-corrected chi connectivity index (χ4v) is 3.00. The zero-order valence-corrected chi connectivity index (χ0v) is 15.7. The topological polar surface area (TPSA) is 67.9 Å². The van der Waals surface area contributed by atoms with Gasteiger partial charge in [-0.1, -0.05) is 20.8 Å². The first kappa shape index (κ1) is 19.1. The summed E-state index contributed by atoms with van der Waals surface area (Å²) >= 11 is 0. The van der Waals surface area contributed by atoms with Crippen LogP contribution in [0.4, 0.5) is 5.69 Å². The normalized spacial score (nSPS) is 17.8. The first-order chi connectivity index (χ1) is 11.8. The summed E-state index contributed by atoms with van der Waals surface area (Å²) in [5.74, 6) is 0.981. The number of ether oxygens (including phenoxy) is 2. The summed E-state index contributed by atoms with van der Waals surface area (Å²) in [5, 5.41) is 2.92. The van der Waals surface area contributed by atoms with Gasteiger partial charge < -0.3 is 19.7 Å². The van der Waals surface area contributed by atoms with Gasteiger partial charge >= 0.3 is 0 Å². The molecule has 0 saturated carbocycles. The van der Waals surface area contributed by atoms with Crippen LogP contribution in [0.2, 0.25) is 0 Å². The fraction of sp³-hybridized carbons (Fsp3) is 0.579. The largest absolute Gasteiger partial charge is 0.497 e. The third-order valence-corrected chi connectivity index (χ3v) is 4.39. The van der Waals surface area contributed by atoms with Crippen molar-refractivity contribution < 1.29 is 19.1 Å². The lowest BCUT2D eigenvalue weighted by Crippen LogP contribution is -2.47. The molecule has 6 nitrogen and oxygen atoms in total. The van der Waals surface area contributed by atoms with Crippen LogP contribution in [0.3, 0.4) is 0 Å². The fourth-order valence-electron chi connectivity index (χ4n) is 3.00. The number of carbonyl (C=O) groups excluding carboxylic acids is 2. The van der Waals surface area contributed by atoms with E-state index >= 15 is 0 Å². The molecule has 138 valence electrons. The van der Waals surface area contributed by atoms with Crippen molar-refractivity contribution in [1.82, 2.24) is 4.90 Å². The van der Waals surface area contributed by atoms with Gasteiger partial charge in [0.25, 0.3) is 0 Å². The second-order valence-corrected chi connectivity index (χ2v) is 7.40. The number of piperidine rings is 1. The maximum Gasteiger partial charge on any atom is 0.229 e. The second-order valence-electron chi connectivity index (χ2n) is 7.40. The van der Waals surface area contributed by atoms with Crippen LogP contribution in [0.5, 0.6) is 11.5 Å². The van der Waals surface area contributed by atoms with E-state index in [1.54, 1.807) is 37.3 Å². The molecule has 2 amide bonds. The van der Waals surface area contributed by atoms with Gasteiger partial charge in [-0.3, -0.25) is 9.59 Å². The third kappa shape index (κ3) is 4.65. The number of carbonyl (C=O) groups is 2. The predicted octanol–water partition coefficient (Wildman–Crippen LogP) is 2.93. The Morgan fingerprint density at radius 3 is 2.52 bits per heavy atom. The Labute approximate surface area is 149 Å². The van der Waals surface area contributed by atoms with Crippen molar-refractivity contribution in [1.29, 1.82) is 0 Å². The summed E-state index contributed by atoms with van der Waals surface area (Å²) in [4.78, 5) is 27.0. The highest BCUT2D eigenvalue weighted by Crippen LogP contribution is 2.30. The number of nitrogens with one attached hydrogen (secondary N) is 1. The van der Waals surface area contributed by atoms with Gasteiger partial charge in [-0.25, -0.2) is 0 Å². The number of nitrogens with zero attached hydrogens (tertiary/aromatic N) is 1. The molecule has 0 aliphatic carbocycles. The lowest BCUT2D eigenvalue weighted by atomic mass is 9.91. The first-order valence-corrected chi connectivity index (χ1v) is 8.58. The molecule has 0 spiro atoms. The second kappa shape index (κ2) is 7.76. The lowest BCUT2D eigenvalue weighted by molar-refractivity contribution is -0.142. The average Bonchev–Trinajstić information content (AvgIpc) is 2.60. The van der Waals surface area contributed by atoms with E-state index in [4.69, 9.17) is 9.47 Å². The van der Waals surface area contributed by atoms with Gasteiger partial charge in [-0.15, -0.1) is 0 Å². The molecule has 1 aliphatic rings. The summed E-state index contributed by atoms with van der Waals surface area (Å²) < 4.78 is 10.5. The Balaban J connectivity index is 2.09. The number of rotatable bonds is 4. The minimum absolute atomic E-state index is 0.0870. The molecule has 1 saturated heterocycles. The zero-order valence-electron chi connectivity index (χ0n) is 15.7. The monoisotopic (exact) mass is 348 g/mol. The molecule has 0 unspecified atom stereocenters. The minimum atomic E-state index is -0.436. The Morgan fingerprint density at radius 2 is 1.92 bits per heavy atom. The van der Waals surface area contributed by atoms with Crippen molar-refractivity contribution in [2.24, 2.45) is 11.3 Å². The Kier molecular flexibility index (Phi) is 5.93. The highest BCUT2D eigenvalue weighted by atomic mass is 16.5. The van der Waals surface area contributed by atoms with Crippen molar-refractivity contribution in [2.45, 2.75) is 33.6 Å². The molecule has 2 rings (SSSR count). The molecule has 0 radical (unpaired) electrons. The van der Waals surface area contributed by atoms with Gasteiger partial charge in [0.1, 0.15) is 11.5 Å². The van der Waals surface area contributed by atoms with Crippen LogP contribution < -0.4 is 14.8 Å². The van der Waals surface area contributed by atoms with Crippen LogP contribution >= 0.6 is 0 Å². The summed E-state index contributed by atoms with van der Waals surface area (Å²) in [7, 11) is 3.13. The highest BCUT2D eigenvalue weighted by molar-refractivity contribution is 5.95. The molecule has 1 aliphatic heterocycles. The molecular formula is C19H28N2O4. The van der Waals surface area contributed by atoms with Crippen LogP contribution in [0.15, 0.2) is 18.2 Å². The lowest BCUT2D eigenvalue weighted by Gasteiger charge is -2.35. The molecule has 1 fully saturated rings. The summed E-state index contributed by atoms with van der Waals surface area (Å²) in [6.45, 7) is 6.87. The van der Waals surface area contributed by atoms with Crippen molar-refractivity contribution in [3.05, 3.63) is 18.2 Å².